The summed E-state index contributed by atoms with van der Waals surface area (Å²) in [5.74, 6) is -0.450. The summed E-state index contributed by atoms with van der Waals surface area (Å²) < 4.78 is 4.69. The van der Waals surface area contributed by atoms with Crippen LogP contribution in [0.25, 0.3) is 0 Å². The minimum absolute atomic E-state index is 0.0475. The second-order valence-electron chi connectivity index (χ2n) is 6.80. The van der Waals surface area contributed by atoms with Crippen molar-refractivity contribution in [2.75, 3.05) is 27.7 Å². The number of carbonyl (C=O) groups excluding carboxylic acids is 2. The molecular formula is C21H24N2O3. The van der Waals surface area contributed by atoms with Gasteiger partial charge in [-0.25, -0.2) is 4.79 Å². The van der Waals surface area contributed by atoms with Crippen molar-refractivity contribution in [1.29, 1.82) is 0 Å². The first-order chi connectivity index (χ1) is 12.5. The van der Waals surface area contributed by atoms with Gasteiger partial charge in [0.05, 0.1) is 12.7 Å². The maximum atomic E-state index is 12.7. The van der Waals surface area contributed by atoms with E-state index in [2.05, 4.69) is 40.9 Å². The molecule has 0 fully saturated rings. The van der Waals surface area contributed by atoms with Gasteiger partial charge in [0.15, 0.2) is 0 Å². The fourth-order valence-corrected chi connectivity index (χ4v) is 3.41. The molecule has 2 aromatic rings. The zero-order valence-electron chi connectivity index (χ0n) is 15.4. The molecule has 1 aliphatic heterocycles. The largest absolute Gasteiger partial charge is 0.465 e. The van der Waals surface area contributed by atoms with Crippen LogP contribution < -0.4 is 0 Å². The first kappa shape index (κ1) is 18.1. The van der Waals surface area contributed by atoms with E-state index in [0.717, 1.165) is 13.0 Å². The van der Waals surface area contributed by atoms with Crippen molar-refractivity contribution >= 4 is 11.9 Å². The summed E-state index contributed by atoms with van der Waals surface area (Å²) in [6.45, 7) is 1.55. The molecule has 5 heteroatoms. The first-order valence-electron chi connectivity index (χ1n) is 8.70. The molecule has 2 aromatic carbocycles. The lowest BCUT2D eigenvalue weighted by Crippen LogP contribution is -2.46. The van der Waals surface area contributed by atoms with E-state index in [1.807, 2.05) is 7.05 Å². The van der Waals surface area contributed by atoms with Crippen molar-refractivity contribution in [1.82, 2.24) is 9.80 Å². The second-order valence-corrected chi connectivity index (χ2v) is 6.80. The Labute approximate surface area is 154 Å². The van der Waals surface area contributed by atoms with E-state index in [0.29, 0.717) is 17.7 Å². The number of esters is 1. The number of methoxy groups -OCH3 is 1. The molecule has 5 nitrogen and oxygen atoms in total. The van der Waals surface area contributed by atoms with Crippen LogP contribution in [0.4, 0.5) is 0 Å². The molecule has 1 atom stereocenters. The van der Waals surface area contributed by atoms with E-state index in [9.17, 15) is 9.59 Å². The molecule has 0 bridgehead atoms. The van der Waals surface area contributed by atoms with Crippen LogP contribution in [-0.4, -0.2) is 55.5 Å². The number of hydrogen-bond acceptors (Lipinski definition) is 4. The van der Waals surface area contributed by atoms with Crippen LogP contribution in [0.2, 0.25) is 0 Å². The van der Waals surface area contributed by atoms with Gasteiger partial charge in [-0.2, -0.15) is 0 Å². The predicted molar refractivity (Wildman–Crippen MR) is 100 cm³/mol. The zero-order valence-corrected chi connectivity index (χ0v) is 15.4. The van der Waals surface area contributed by atoms with Gasteiger partial charge < -0.3 is 9.64 Å². The number of nitrogens with zero attached hydrogens (tertiary/aromatic N) is 2. The molecule has 1 amide bonds. The highest BCUT2D eigenvalue weighted by molar-refractivity contribution is 5.96. The zero-order chi connectivity index (χ0) is 18.7. The number of carbonyl (C=O) groups is 2. The van der Waals surface area contributed by atoms with Gasteiger partial charge in [-0.05, 0) is 48.9 Å². The third kappa shape index (κ3) is 3.78. The molecule has 1 heterocycles. The van der Waals surface area contributed by atoms with E-state index in [1.165, 1.54) is 18.2 Å². The average molecular weight is 352 g/mol. The Hall–Kier alpha value is -2.66. The lowest BCUT2D eigenvalue weighted by atomic mass is 9.94. The average Bonchev–Trinajstić information content (AvgIpc) is 2.67. The molecule has 0 spiro atoms. The highest BCUT2D eigenvalue weighted by atomic mass is 16.5. The molecule has 0 aliphatic carbocycles. The van der Waals surface area contributed by atoms with Gasteiger partial charge in [-0.3, -0.25) is 9.69 Å². The maximum absolute atomic E-state index is 12.7. The van der Waals surface area contributed by atoms with Crippen molar-refractivity contribution in [3.8, 4) is 0 Å². The van der Waals surface area contributed by atoms with E-state index in [1.54, 1.807) is 29.2 Å². The number of rotatable bonds is 4. The third-order valence-corrected chi connectivity index (χ3v) is 5.00. The standard InChI is InChI=1S/C21H24N2O3/c1-22-13-18-7-5-4-6-17(18)12-19(22)14-23(2)20(24)15-8-10-16(11-9-15)21(25)26-3/h4-11,19H,12-14H2,1-3H3. The molecule has 0 saturated heterocycles. The molecule has 26 heavy (non-hydrogen) atoms. The predicted octanol–water partition coefficient (Wildman–Crippen LogP) is 2.60. The van der Waals surface area contributed by atoms with E-state index in [-0.39, 0.29) is 11.9 Å². The van der Waals surface area contributed by atoms with Gasteiger partial charge >= 0.3 is 5.97 Å². The molecule has 0 N–H and O–H groups in total. The van der Waals surface area contributed by atoms with Gasteiger partial charge in [0.25, 0.3) is 5.91 Å². The summed E-state index contributed by atoms with van der Waals surface area (Å²) in [5.41, 5.74) is 3.73. The van der Waals surface area contributed by atoms with Crippen LogP contribution >= 0.6 is 0 Å². The maximum Gasteiger partial charge on any atom is 0.337 e. The summed E-state index contributed by atoms with van der Waals surface area (Å²) in [6, 6.07) is 15.3. The minimum Gasteiger partial charge on any atom is -0.465 e. The van der Waals surface area contributed by atoms with E-state index in [4.69, 9.17) is 0 Å². The van der Waals surface area contributed by atoms with Crippen molar-refractivity contribution < 1.29 is 14.3 Å². The van der Waals surface area contributed by atoms with Gasteiger partial charge in [0.1, 0.15) is 0 Å². The summed E-state index contributed by atoms with van der Waals surface area (Å²) in [5, 5.41) is 0. The number of likely N-dealkylation sites (N-methyl/N-ethyl adjacent to an activating group) is 2. The van der Waals surface area contributed by atoms with Gasteiger partial charge in [0.2, 0.25) is 0 Å². The third-order valence-electron chi connectivity index (χ3n) is 5.00. The van der Waals surface area contributed by atoms with E-state index < -0.39 is 5.97 Å². The Morgan fingerprint density at radius 3 is 2.35 bits per heavy atom. The minimum atomic E-state index is -0.403. The molecule has 1 aliphatic rings. The second kappa shape index (κ2) is 7.70. The van der Waals surface area contributed by atoms with Crippen molar-refractivity contribution in [3.63, 3.8) is 0 Å². The van der Waals surface area contributed by atoms with Crippen LogP contribution in [0.1, 0.15) is 31.8 Å². The Balaban J connectivity index is 1.67. The molecule has 1 unspecified atom stereocenters. The Kier molecular flexibility index (Phi) is 5.38. The van der Waals surface area contributed by atoms with Crippen molar-refractivity contribution in [2.45, 2.75) is 19.0 Å². The number of ether oxygens (including phenoxy) is 1. The van der Waals surface area contributed by atoms with Gasteiger partial charge in [-0.15, -0.1) is 0 Å². The number of fused-ring (bicyclic) bond motifs is 1. The van der Waals surface area contributed by atoms with Crippen LogP contribution in [0.3, 0.4) is 0 Å². The fourth-order valence-electron chi connectivity index (χ4n) is 3.41. The van der Waals surface area contributed by atoms with Crippen molar-refractivity contribution in [2.24, 2.45) is 0 Å². The SMILES string of the molecule is COC(=O)c1ccc(C(=O)N(C)CC2Cc3ccccc3CN2C)cc1. The quantitative estimate of drug-likeness (QED) is 0.794. The molecule has 3 rings (SSSR count). The summed E-state index contributed by atoms with van der Waals surface area (Å²) in [4.78, 5) is 28.3. The molecule has 0 radical (unpaired) electrons. The Morgan fingerprint density at radius 1 is 1.08 bits per heavy atom. The van der Waals surface area contributed by atoms with E-state index >= 15 is 0 Å². The summed E-state index contributed by atoms with van der Waals surface area (Å²) >= 11 is 0. The highest BCUT2D eigenvalue weighted by Crippen LogP contribution is 2.22. The number of amides is 1. The Morgan fingerprint density at radius 2 is 1.69 bits per heavy atom. The highest BCUT2D eigenvalue weighted by Gasteiger charge is 2.25. The smallest absolute Gasteiger partial charge is 0.337 e. The topological polar surface area (TPSA) is 49.9 Å². The van der Waals surface area contributed by atoms with Gasteiger partial charge in [-0.1, -0.05) is 24.3 Å². The normalized spacial score (nSPS) is 16.7. The number of hydrogen-bond donors (Lipinski definition) is 0. The van der Waals surface area contributed by atoms with Crippen LogP contribution in [0, 0.1) is 0 Å². The first-order valence-corrected chi connectivity index (χ1v) is 8.70. The molecule has 0 saturated carbocycles. The van der Waals surface area contributed by atoms with Crippen LogP contribution in [0.15, 0.2) is 48.5 Å². The summed E-state index contributed by atoms with van der Waals surface area (Å²) in [7, 11) is 5.27. The molecular weight excluding hydrogens is 328 g/mol. The molecule has 0 aromatic heterocycles. The lowest BCUT2D eigenvalue weighted by Gasteiger charge is -2.36. The van der Waals surface area contributed by atoms with Crippen LogP contribution in [-0.2, 0) is 17.7 Å². The monoisotopic (exact) mass is 352 g/mol. The number of benzene rings is 2. The molecule has 136 valence electrons. The van der Waals surface area contributed by atoms with Gasteiger partial charge in [0, 0.05) is 31.7 Å². The lowest BCUT2D eigenvalue weighted by molar-refractivity contribution is 0.0599. The Bertz CT molecular complexity index is 801. The fraction of sp³-hybridized carbons (Fsp3) is 0.333. The van der Waals surface area contributed by atoms with Crippen molar-refractivity contribution in [3.05, 3.63) is 70.8 Å². The van der Waals surface area contributed by atoms with Crippen LogP contribution in [0.5, 0.6) is 0 Å². The summed E-state index contributed by atoms with van der Waals surface area (Å²) in [6.07, 6.45) is 0.936.